The number of ether oxygens (including phenoxy) is 2. The molecule has 0 radical (unpaired) electrons. The molecule has 2 saturated heterocycles. The molecule has 0 spiro atoms. The first-order valence-corrected chi connectivity index (χ1v) is 6.06. The molecule has 0 aromatic heterocycles. The molecule has 2 fully saturated rings. The van der Waals surface area contributed by atoms with Gasteiger partial charge in [0, 0.05) is 26.2 Å². The van der Waals surface area contributed by atoms with E-state index < -0.39 is 0 Å². The standard InChI is InChI=1S/C12H16N4O2/c13-9-11(10-14)12(15-1-5-17-6-2-15)16-3-7-18-8-4-16/h1-8H2. The molecule has 0 N–H and O–H groups in total. The van der Waals surface area contributed by atoms with E-state index in [4.69, 9.17) is 20.0 Å². The van der Waals surface area contributed by atoms with Crippen molar-refractivity contribution in [1.82, 2.24) is 9.80 Å². The summed E-state index contributed by atoms with van der Waals surface area (Å²) in [6.45, 7) is 5.43. The number of hydrogen-bond donors (Lipinski definition) is 0. The van der Waals surface area contributed by atoms with Gasteiger partial charge in [-0.05, 0) is 0 Å². The molecule has 18 heavy (non-hydrogen) atoms. The molecule has 96 valence electrons. The van der Waals surface area contributed by atoms with E-state index in [1.165, 1.54) is 0 Å². The summed E-state index contributed by atoms with van der Waals surface area (Å²) in [7, 11) is 0. The Morgan fingerprint density at radius 3 is 1.50 bits per heavy atom. The maximum absolute atomic E-state index is 9.11. The Hall–Kier alpha value is -1.76. The minimum atomic E-state index is 0.179. The number of nitriles is 2. The topological polar surface area (TPSA) is 72.5 Å². The van der Waals surface area contributed by atoms with Gasteiger partial charge in [-0.25, -0.2) is 0 Å². The van der Waals surface area contributed by atoms with Crippen LogP contribution in [0.1, 0.15) is 0 Å². The van der Waals surface area contributed by atoms with Crippen molar-refractivity contribution in [3.05, 3.63) is 11.4 Å². The van der Waals surface area contributed by atoms with Gasteiger partial charge >= 0.3 is 0 Å². The van der Waals surface area contributed by atoms with Crippen LogP contribution in [0.2, 0.25) is 0 Å². The van der Waals surface area contributed by atoms with Crippen molar-refractivity contribution in [1.29, 1.82) is 10.5 Å². The largest absolute Gasteiger partial charge is 0.378 e. The van der Waals surface area contributed by atoms with Gasteiger partial charge in [-0.1, -0.05) is 0 Å². The van der Waals surface area contributed by atoms with Crippen LogP contribution in [0.15, 0.2) is 11.4 Å². The molecule has 2 aliphatic rings. The Morgan fingerprint density at radius 1 is 0.778 bits per heavy atom. The maximum Gasteiger partial charge on any atom is 0.169 e. The van der Waals surface area contributed by atoms with Gasteiger partial charge in [0.15, 0.2) is 5.57 Å². The fraction of sp³-hybridized carbons (Fsp3) is 0.667. The van der Waals surface area contributed by atoms with Gasteiger partial charge in [0.05, 0.1) is 26.4 Å². The highest BCUT2D eigenvalue weighted by molar-refractivity contribution is 5.39. The Kier molecular flexibility index (Phi) is 4.40. The number of allylic oxidation sites excluding steroid dienone is 1. The van der Waals surface area contributed by atoms with Crippen LogP contribution in [-0.2, 0) is 9.47 Å². The van der Waals surface area contributed by atoms with Gasteiger partial charge in [0.1, 0.15) is 18.0 Å². The average Bonchev–Trinajstić information content (AvgIpc) is 2.46. The van der Waals surface area contributed by atoms with Gasteiger partial charge in [-0.15, -0.1) is 0 Å². The second-order valence-corrected chi connectivity index (χ2v) is 4.12. The van der Waals surface area contributed by atoms with Crippen molar-refractivity contribution in [3.63, 3.8) is 0 Å². The van der Waals surface area contributed by atoms with Crippen LogP contribution in [0.25, 0.3) is 0 Å². The van der Waals surface area contributed by atoms with Crippen molar-refractivity contribution in [2.45, 2.75) is 0 Å². The normalized spacial score (nSPS) is 19.9. The molecule has 0 saturated carbocycles. The van der Waals surface area contributed by atoms with Crippen LogP contribution < -0.4 is 0 Å². The predicted molar refractivity (Wildman–Crippen MR) is 63.0 cm³/mol. The second-order valence-electron chi connectivity index (χ2n) is 4.12. The smallest absolute Gasteiger partial charge is 0.169 e. The average molecular weight is 248 g/mol. The van der Waals surface area contributed by atoms with Crippen molar-refractivity contribution in [3.8, 4) is 12.1 Å². The van der Waals surface area contributed by atoms with Crippen molar-refractivity contribution in [2.24, 2.45) is 0 Å². The zero-order chi connectivity index (χ0) is 12.8. The molecule has 2 heterocycles. The summed E-state index contributed by atoms with van der Waals surface area (Å²) in [6.07, 6.45) is 0. The maximum atomic E-state index is 9.11. The monoisotopic (exact) mass is 248 g/mol. The van der Waals surface area contributed by atoms with E-state index in [-0.39, 0.29) is 5.57 Å². The summed E-state index contributed by atoms with van der Waals surface area (Å²) in [6, 6.07) is 4.00. The molecule has 0 unspecified atom stereocenters. The van der Waals surface area contributed by atoms with Crippen LogP contribution in [0.3, 0.4) is 0 Å². The first-order valence-electron chi connectivity index (χ1n) is 6.06. The van der Waals surface area contributed by atoms with E-state index >= 15 is 0 Å². The van der Waals surface area contributed by atoms with Crippen LogP contribution in [0, 0.1) is 22.7 Å². The van der Waals surface area contributed by atoms with Crippen LogP contribution in [-0.4, -0.2) is 62.4 Å². The van der Waals surface area contributed by atoms with Gasteiger partial charge < -0.3 is 19.3 Å². The van der Waals surface area contributed by atoms with Crippen molar-refractivity contribution >= 4 is 0 Å². The Labute approximate surface area is 107 Å². The van der Waals surface area contributed by atoms with E-state index in [2.05, 4.69) is 9.80 Å². The molecule has 2 rings (SSSR count). The lowest BCUT2D eigenvalue weighted by Crippen LogP contribution is -2.46. The van der Waals surface area contributed by atoms with E-state index in [1.54, 1.807) is 0 Å². The van der Waals surface area contributed by atoms with Gasteiger partial charge in [0.2, 0.25) is 0 Å². The van der Waals surface area contributed by atoms with Gasteiger partial charge in [0.25, 0.3) is 0 Å². The lowest BCUT2D eigenvalue weighted by atomic mass is 10.2. The minimum Gasteiger partial charge on any atom is -0.378 e. The number of hydrogen-bond acceptors (Lipinski definition) is 6. The molecule has 0 aliphatic carbocycles. The van der Waals surface area contributed by atoms with Crippen LogP contribution >= 0.6 is 0 Å². The van der Waals surface area contributed by atoms with Crippen molar-refractivity contribution < 1.29 is 9.47 Å². The molecule has 2 aliphatic heterocycles. The third kappa shape index (κ3) is 2.73. The molecule has 6 nitrogen and oxygen atoms in total. The molecular formula is C12H16N4O2. The highest BCUT2D eigenvalue weighted by Crippen LogP contribution is 2.18. The SMILES string of the molecule is N#CC(C#N)=C(N1CCOCC1)N1CCOCC1. The highest BCUT2D eigenvalue weighted by atomic mass is 16.5. The quantitative estimate of drug-likeness (QED) is 0.636. The predicted octanol–water partition coefficient (Wildman–Crippen LogP) is -0.0904. The Balaban J connectivity index is 2.25. The van der Waals surface area contributed by atoms with Gasteiger partial charge in [-0.3, -0.25) is 0 Å². The van der Waals surface area contributed by atoms with E-state index in [1.807, 2.05) is 12.1 Å². The van der Waals surface area contributed by atoms with E-state index in [0.717, 1.165) is 32.0 Å². The summed E-state index contributed by atoms with van der Waals surface area (Å²) in [5, 5.41) is 18.2. The third-order valence-corrected chi connectivity index (χ3v) is 3.07. The molecule has 0 bridgehead atoms. The number of morpholine rings is 2. The first-order chi connectivity index (χ1) is 8.86. The lowest BCUT2D eigenvalue weighted by molar-refractivity contribution is 0.00819. The summed E-state index contributed by atoms with van der Waals surface area (Å²) in [5.74, 6) is 0.742. The zero-order valence-corrected chi connectivity index (χ0v) is 10.3. The molecule has 6 heteroatoms. The fourth-order valence-electron chi connectivity index (χ4n) is 2.19. The fourth-order valence-corrected chi connectivity index (χ4v) is 2.19. The molecule has 0 amide bonds. The highest BCUT2D eigenvalue weighted by Gasteiger charge is 2.24. The minimum absolute atomic E-state index is 0.179. The summed E-state index contributed by atoms with van der Waals surface area (Å²) in [4.78, 5) is 4.13. The van der Waals surface area contributed by atoms with Crippen LogP contribution in [0.5, 0.6) is 0 Å². The van der Waals surface area contributed by atoms with Crippen molar-refractivity contribution in [2.75, 3.05) is 52.6 Å². The number of rotatable bonds is 2. The third-order valence-electron chi connectivity index (χ3n) is 3.07. The van der Waals surface area contributed by atoms with Crippen LogP contribution in [0.4, 0.5) is 0 Å². The molecular weight excluding hydrogens is 232 g/mol. The first kappa shape index (κ1) is 12.7. The Bertz CT molecular complexity index is 359. The lowest BCUT2D eigenvalue weighted by Gasteiger charge is -2.39. The molecule has 0 aromatic rings. The summed E-state index contributed by atoms with van der Waals surface area (Å²) in [5.41, 5.74) is 0.179. The molecule has 0 aromatic carbocycles. The number of nitrogens with zero attached hydrogens (tertiary/aromatic N) is 4. The van der Waals surface area contributed by atoms with Gasteiger partial charge in [-0.2, -0.15) is 10.5 Å². The summed E-state index contributed by atoms with van der Waals surface area (Å²) < 4.78 is 10.6. The summed E-state index contributed by atoms with van der Waals surface area (Å²) >= 11 is 0. The Morgan fingerprint density at radius 2 is 1.17 bits per heavy atom. The van der Waals surface area contributed by atoms with E-state index in [0.29, 0.717) is 26.4 Å². The molecule has 0 atom stereocenters. The zero-order valence-electron chi connectivity index (χ0n) is 10.3. The van der Waals surface area contributed by atoms with E-state index in [9.17, 15) is 0 Å². The second kappa shape index (κ2) is 6.25.